The normalized spacial score (nSPS) is 12.1. The maximum atomic E-state index is 12.3. The van der Waals surface area contributed by atoms with Gasteiger partial charge in [-0.1, -0.05) is 25.1 Å². The number of methoxy groups -OCH3 is 1. The van der Waals surface area contributed by atoms with Crippen LogP contribution in [0.3, 0.4) is 0 Å². The minimum atomic E-state index is -0.955. The van der Waals surface area contributed by atoms with Gasteiger partial charge in [0.15, 0.2) is 0 Å². The summed E-state index contributed by atoms with van der Waals surface area (Å²) in [6, 6.07) is 9.18. The molecule has 1 aromatic heterocycles. The first-order chi connectivity index (χ1) is 10.5. The van der Waals surface area contributed by atoms with E-state index >= 15 is 0 Å². The van der Waals surface area contributed by atoms with Gasteiger partial charge in [0.2, 0.25) is 0 Å². The molecule has 0 aliphatic rings. The number of rotatable bonds is 6. The van der Waals surface area contributed by atoms with Crippen LogP contribution in [0.15, 0.2) is 36.5 Å². The number of anilines is 1. The lowest BCUT2D eigenvalue weighted by molar-refractivity contribution is -0.140. The van der Waals surface area contributed by atoms with Crippen molar-refractivity contribution in [1.82, 2.24) is 4.98 Å². The molecule has 2 rings (SSSR count). The van der Waals surface area contributed by atoms with Gasteiger partial charge in [0.05, 0.1) is 17.1 Å². The Hall–Kier alpha value is -2.47. The molecule has 0 saturated heterocycles. The summed E-state index contributed by atoms with van der Waals surface area (Å²) in [7, 11) is 1.43. The third kappa shape index (κ3) is 3.40. The maximum absolute atomic E-state index is 12.3. The highest BCUT2D eigenvalue weighted by molar-refractivity contribution is 6.02. The Bertz CT molecular complexity index is 681. The molecular weight excluding hydrogens is 284 g/mol. The van der Waals surface area contributed by atoms with E-state index in [4.69, 9.17) is 9.84 Å². The van der Waals surface area contributed by atoms with Gasteiger partial charge in [-0.15, -0.1) is 0 Å². The number of aromatic nitrogens is 1. The lowest BCUT2D eigenvalue weighted by Crippen LogP contribution is -2.39. The number of amides is 1. The van der Waals surface area contributed by atoms with Gasteiger partial charge < -0.3 is 14.7 Å². The molecule has 1 aromatic carbocycles. The lowest BCUT2D eigenvalue weighted by Gasteiger charge is -2.25. The zero-order valence-electron chi connectivity index (χ0n) is 12.5. The third-order valence-corrected chi connectivity index (χ3v) is 3.35. The third-order valence-electron chi connectivity index (χ3n) is 3.35. The van der Waals surface area contributed by atoms with Crippen molar-refractivity contribution in [3.05, 3.63) is 36.5 Å². The van der Waals surface area contributed by atoms with Crippen LogP contribution >= 0.6 is 0 Å². The molecule has 1 unspecified atom stereocenters. The summed E-state index contributed by atoms with van der Waals surface area (Å²) < 4.78 is 4.90. The molecule has 6 heteroatoms. The fourth-order valence-corrected chi connectivity index (χ4v) is 2.19. The quantitative estimate of drug-likeness (QED) is 0.882. The molecule has 0 fully saturated rings. The Kier molecular flexibility index (Phi) is 5.06. The summed E-state index contributed by atoms with van der Waals surface area (Å²) in [6.07, 6.45) is 1.64. The minimum absolute atomic E-state index is 0.0627. The maximum Gasteiger partial charge on any atom is 0.308 e. The SMILES string of the molecule is COCC(=O)N(CC(C)C(=O)O)c1cccc2cccnc12. The number of carbonyl (C=O) groups is 2. The highest BCUT2D eigenvalue weighted by Gasteiger charge is 2.23. The van der Waals surface area contributed by atoms with Gasteiger partial charge in [0.25, 0.3) is 5.91 Å². The van der Waals surface area contributed by atoms with Gasteiger partial charge in [-0.2, -0.15) is 0 Å². The monoisotopic (exact) mass is 302 g/mol. The standard InChI is InChI=1S/C16H18N2O4/c1-11(16(20)21)9-18(14(19)10-22-2)13-7-3-5-12-6-4-8-17-15(12)13/h3-8,11H,9-10H2,1-2H3,(H,20,21). The molecule has 22 heavy (non-hydrogen) atoms. The van der Waals surface area contributed by atoms with Crippen molar-refractivity contribution in [1.29, 1.82) is 0 Å². The molecule has 0 radical (unpaired) electrons. The number of nitrogens with zero attached hydrogens (tertiary/aromatic N) is 2. The van der Waals surface area contributed by atoms with Crippen molar-refractivity contribution in [2.75, 3.05) is 25.2 Å². The first kappa shape index (κ1) is 15.9. The second-order valence-electron chi connectivity index (χ2n) is 5.03. The van der Waals surface area contributed by atoms with Crippen LogP contribution in [0.5, 0.6) is 0 Å². The molecule has 0 bridgehead atoms. The topological polar surface area (TPSA) is 79.7 Å². The van der Waals surface area contributed by atoms with Crippen molar-refractivity contribution in [3.63, 3.8) is 0 Å². The number of carboxylic acid groups (broad SMARTS) is 1. The Morgan fingerprint density at radius 3 is 2.73 bits per heavy atom. The molecule has 1 heterocycles. The van der Waals surface area contributed by atoms with Gasteiger partial charge >= 0.3 is 5.97 Å². The summed E-state index contributed by atoms with van der Waals surface area (Å²) in [5.74, 6) is -1.95. The number of carboxylic acids is 1. The lowest BCUT2D eigenvalue weighted by atomic mass is 10.1. The van der Waals surface area contributed by atoms with Gasteiger partial charge in [-0.25, -0.2) is 0 Å². The molecule has 0 aliphatic heterocycles. The molecule has 1 atom stereocenters. The van der Waals surface area contributed by atoms with Crippen molar-refractivity contribution in [2.45, 2.75) is 6.92 Å². The van der Waals surface area contributed by atoms with Crippen LogP contribution in [-0.4, -0.2) is 42.2 Å². The Labute approximate surface area is 128 Å². The number of ether oxygens (including phenoxy) is 1. The van der Waals surface area contributed by atoms with E-state index in [2.05, 4.69) is 4.98 Å². The summed E-state index contributed by atoms with van der Waals surface area (Å²) >= 11 is 0. The largest absolute Gasteiger partial charge is 0.481 e. The van der Waals surface area contributed by atoms with Gasteiger partial charge in [-0.3, -0.25) is 14.6 Å². The Morgan fingerprint density at radius 1 is 1.32 bits per heavy atom. The average molecular weight is 302 g/mol. The van der Waals surface area contributed by atoms with Crippen molar-refractivity contribution >= 4 is 28.5 Å². The van der Waals surface area contributed by atoms with Crippen LogP contribution in [-0.2, 0) is 14.3 Å². The molecule has 0 spiro atoms. The number of hydrogen-bond acceptors (Lipinski definition) is 4. The van der Waals surface area contributed by atoms with Gasteiger partial charge in [0.1, 0.15) is 6.61 Å². The van der Waals surface area contributed by atoms with E-state index < -0.39 is 11.9 Å². The number of para-hydroxylation sites is 1. The Balaban J connectivity index is 2.46. The number of fused-ring (bicyclic) bond motifs is 1. The van der Waals surface area contributed by atoms with E-state index in [0.29, 0.717) is 11.2 Å². The van der Waals surface area contributed by atoms with E-state index in [1.165, 1.54) is 12.0 Å². The molecule has 2 aromatic rings. The molecule has 0 saturated carbocycles. The Morgan fingerprint density at radius 2 is 2.05 bits per heavy atom. The molecule has 116 valence electrons. The van der Waals surface area contributed by atoms with Crippen LogP contribution in [0.1, 0.15) is 6.92 Å². The molecule has 0 aliphatic carbocycles. The van der Waals surface area contributed by atoms with Crippen molar-refractivity contribution in [2.24, 2.45) is 5.92 Å². The van der Waals surface area contributed by atoms with E-state index in [9.17, 15) is 9.59 Å². The molecule has 1 amide bonds. The van der Waals surface area contributed by atoms with E-state index in [-0.39, 0.29) is 19.1 Å². The predicted octanol–water partition coefficient (Wildman–Crippen LogP) is 1.93. The molecule has 1 N–H and O–H groups in total. The van der Waals surface area contributed by atoms with Crippen LogP contribution in [0.25, 0.3) is 10.9 Å². The zero-order chi connectivity index (χ0) is 16.1. The van der Waals surface area contributed by atoms with Crippen molar-refractivity contribution < 1.29 is 19.4 Å². The second-order valence-corrected chi connectivity index (χ2v) is 5.03. The first-order valence-corrected chi connectivity index (χ1v) is 6.90. The summed E-state index contributed by atoms with van der Waals surface area (Å²) in [4.78, 5) is 29.2. The van der Waals surface area contributed by atoms with Gasteiger partial charge in [0, 0.05) is 25.2 Å². The number of aliphatic carboxylic acids is 1. The summed E-state index contributed by atoms with van der Waals surface area (Å²) in [6.45, 7) is 1.51. The summed E-state index contributed by atoms with van der Waals surface area (Å²) in [5.41, 5.74) is 1.25. The fraction of sp³-hybridized carbons (Fsp3) is 0.312. The number of pyridine rings is 1. The van der Waals surface area contributed by atoms with E-state index in [1.807, 2.05) is 24.3 Å². The summed E-state index contributed by atoms with van der Waals surface area (Å²) in [5, 5.41) is 10.0. The minimum Gasteiger partial charge on any atom is -0.481 e. The fourth-order valence-electron chi connectivity index (χ4n) is 2.19. The highest BCUT2D eigenvalue weighted by atomic mass is 16.5. The van der Waals surface area contributed by atoms with E-state index in [0.717, 1.165) is 5.39 Å². The zero-order valence-corrected chi connectivity index (χ0v) is 12.5. The van der Waals surface area contributed by atoms with Gasteiger partial charge in [-0.05, 0) is 12.1 Å². The van der Waals surface area contributed by atoms with Crippen molar-refractivity contribution in [3.8, 4) is 0 Å². The number of carbonyl (C=O) groups excluding carboxylic acids is 1. The second kappa shape index (κ2) is 7.00. The molecule has 6 nitrogen and oxygen atoms in total. The number of hydrogen-bond donors (Lipinski definition) is 1. The van der Waals surface area contributed by atoms with Crippen LogP contribution in [0.4, 0.5) is 5.69 Å². The van der Waals surface area contributed by atoms with Crippen LogP contribution in [0, 0.1) is 5.92 Å². The molecular formula is C16H18N2O4. The predicted molar refractivity (Wildman–Crippen MR) is 82.8 cm³/mol. The first-order valence-electron chi connectivity index (χ1n) is 6.90. The number of benzene rings is 1. The average Bonchev–Trinajstić information content (AvgIpc) is 2.52. The van der Waals surface area contributed by atoms with Crippen LogP contribution in [0.2, 0.25) is 0 Å². The highest BCUT2D eigenvalue weighted by Crippen LogP contribution is 2.25. The smallest absolute Gasteiger partial charge is 0.308 e. The van der Waals surface area contributed by atoms with Crippen LogP contribution < -0.4 is 4.90 Å². The van der Waals surface area contributed by atoms with E-state index in [1.54, 1.807) is 19.2 Å².